The fourth-order valence-electron chi connectivity index (χ4n) is 1.52. The first-order valence-corrected chi connectivity index (χ1v) is 5.96. The molecule has 1 rings (SSSR count). The van der Waals surface area contributed by atoms with E-state index in [0.29, 0.717) is 11.3 Å². The molecule has 0 aliphatic carbocycles. The van der Waals surface area contributed by atoms with Gasteiger partial charge in [-0.15, -0.1) is 0 Å². The molecule has 20 heavy (non-hydrogen) atoms. The van der Waals surface area contributed by atoms with Crippen molar-refractivity contribution in [2.75, 3.05) is 20.7 Å². The van der Waals surface area contributed by atoms with Crippen molar-refractivity contribution in [1.82, 2.24) is 10.2 Å². The number of amides is 2. The maximum atomic E-state index is 13.2. The van der Waals surface area contributed by atoms with E-state index in [2.05, 4.69) is 5.32 Å². The Balaban J connectivity index is 2.52. The Morgan fingerprint density at radius 1 is 1.40 bits per heavy atom. The van der Waals surface area contributed by atoms with Crippen LogP contribution < -0.4 is 10.1 Å². The second-order valence-electron chi connectivity index (χ2n) is 4.22. The molecule has 0 aliphatic heterocycles. The van der Waals surface area contributed by atoms with Crippen molar-refractivity contribution in [3.05, 3.63) is 29.6 Å². The smallest absolute Gasteiger partial charge is 0.317 e. The molecule has 2 N–H and O–H groups in total. The molecule has 0 saturated heterocycles. The molecule has 0 aromatic heterocycles. The van der Waals surface area contributed by atoms with Crippen LogP contribution >= 0.6 is 0 Å². The molecule has 0 heterocycles. The molecule has 1 aromatic rings. The van der Waals surface area contributed by atoms with Gasteiger partial charge >= 0.3 is 12.0 Å². The Morgan fingerprint density at radius 2 is 2.10 bits per heavy atom. The predicted molar refractivity (Wildman–Crippen MR) is 70.1 cm³/mol. The number of hydrogen-bond acceptors (Lipinski definition) is 3. The number of halogens is 1. The lowest BCUT2D eigenvalue weighted by atomic mass is 10.2. The Kier molecular flexibility index (Phi) is 5.76. The number of hydrogen-bond donors (Lipinski definition) is 2. The van der Waals surface area contributed by atoms with Gasteiger partial charge in [-0.3, -0.25) is 4.79 Å². The third-order valence-corrected chi connectivity index (χ3v) is 2.62. The largest absolute Gasteiger partial charge is 0.497 e. The highest BCUT2D eigenvalue weighted by atomic mass is 19.1. The Hall–Kier alpha value is -2.31. The highest BCUT2D eigenvalue weighted by molar-refractivity contribution is 5.75. The van der Waals surface area contributed by atoms with Crippen LogP contribution in [-0.2, 0) is 11.3 Å². The normalized spacial score (nSPS) is 9.95. The Bertz CT molecular complexity index is 493. The zero-order chi connectivity index (χ0) is 15.1. The number of carboxylic acids is 1. The van der Waals surface area contributed by atoms with Crippen molar-refractivity contribution in [2.45, 2.75) is 13.0 Å². The van der Waals surface area contributed by atoms with Crippen LogP contribution in [0.3, 0.4) is 0 Å². The van der Waals surface area contributed by atoms with Gasteiger partial charge in [-0.05, 0) is 17.7 Å². The van der Waals surface area contributed by atoms with E-state index in [1.807, 2.05) is 0 Å². The molecule has 7 heteroatoms. The lowest BCUT2D eigenvalue weighted by molar-refractivity contribution is -0.137. The van der Waals surface area contributed by atoms with Crippen LogP contribution in [0.2, 0.25) is 0 Å². The van der Waals surface area contributed by atoms with Crippen molar-refractivity contribution in [2.24, 2.45) is 0 Å². The first kappa shape index (κ1) is 15.7. The van der Waals surface area contributed by atoms with Crippen molar-refractivity contribution < 1.29 is 23.8 Å². The molecule has 0 saturated carbocycles. The van der Waals surface area contributed by atoms with Crippen LogP contribution in [0.15, 0.2) is 18.2 Å². The van der Waals surface area contributed by atoms with Gasteiger partial charge in [0, 0.05) is 26.2 Å². The van der Waals surface area contributed by atoms with Gasteiger partial charge < -0.3 is 20.1 Å². The number of nitrogens with zero attached hydrogens (tertiary/aromatic N) is 1. The highest BCUT2D eigenvalue weighted by Crippen LogP contribution is 2.15. The summed E-state index contributed by atoms with van der Waals surface area (Å²) in [5, 5.41) is 11.1. The average molecular weight is 284 g/mol. The fourth-order valence-corrected chi connectivity index (χ4v) is 1.52. The number of methoxy groups -OCH3 is 1. The average Bonchev–Trinajstić information content (AvgIpc) is 2.41. The first-order chi connectivity index (χ1) is 9.42. The van der Waals surface area contributed by atoms with E-state index in [1.165, 1.54) is 31.2 Å². The van der Waals surface area contributed by atoms with Crippen LogP contribution in [0.25, 0.3) is 0 Å². The molecule has 6 nitrogen and oxygen atoms in total. The van der Waals surface area contributed by atoms with Gasteiger partial charge in [-0.25, -0.2) is 9.18 Å². The molecule has 0 bridgehead atoms. The van der Waals surface area contributed by atoms with Crippen LogP contribution in [0.1, 0.15) is 12.0 Å². The van der Waals surface area contributed by atoms with Crippen molar-refractivity contribution in [1.29, 1.82) is 0 Å². The number of carbonyl (C=O) groups is 2. The van der Waals surface area contributed by atoms with Gasteiger partial charge in [0.15, 0.2) is 0 Å². The maximum Gasteiger partial charge on any atom is 0.317 e. The van der Waals surface area contributed by atoms with Gasteiger partial charge in [0.2, 0.25) is 0 Å². The van der Waals surface area contributed by atoms with Crippen molar-refractivity contribution in [3.8, 4) is 5.75 Å². The summed E-state index contributed by atoms with van der Waals surface area (Å²) in [4.78, 5) is 23.3. The van der Waals surface area contributed by atoms with Crippen LogP contribution in [0.4, 0.5) is 9.18 Å². The number of nitrogens with one attached hydrogen (secondary N) is 1. The number of benzene rings is 1. The quantitative estimate of drug-likeness (QED) is 0.828. The van der Waals surface area contributed by atoms with E-state index in [0.717, 1.165) is 0 Å². The molecule has 0 radical (unpaired) electrons. The summed E-state index contributed by atoms with van der Waals surface area (Å²) in [5.74, 6) is -1.05. The van der Waals surface area contributed by atoms with Crippen LogP contribution in [-0.4, -0.2) is 42.7 Å². The SMILES string of the molecule is COc1cc(F)cc(CNC(=O)N(C)CCC(=O)O)c1. The number of carboxylic acid groups (broad SMARTS) is 1. The second-order valence-corrected chi connectivity index (χ2v) is 4.22. The molecule has 2 amide bonds. The number of ether oxygens (including phenoxy) is 1. The zero-order valence-corrected chi connectivity index (χ0v) is 11.4. The summed E-state index contributed by atoms with van der Waals surface area (Å²) in [6, 6.07) is 3.72. The van der Waals surface area contributed by atoms with E-state index in [1.54, 1.807) is 6.07 Å². The minimum atomic E-state index is -0.973. The van der Waals surface area contributed by atoms with E-state index >= 15 is 0 Å². The molecule has 0 unspecified atom stereocenters. The number of urea groups is 1. The summed E-state index contributed by atoms with van der Waals surface area (Å²) in [5.41, 5.74) is 0.557. The fraction of sp³-hybridized carbons (Fsp3) is 0.385. The topological polar surface area (TPSA) is 78.9 Å². The lowest BCUT2D eigenvalue weighted by Gasteiger charge is -2.17. The van der Waals surface area contributed by atoms with Crippen LogP contribution in [0, 0.1) is 5.82 Å². The summed E-state index contributed by atoms with van der Waals surface area (Å²) < 4.78 is 18.2. The van der Waals surface area contributed by atoms with E-state index in [9.17, 15) is 14.0 Å². The van der Waals surface area contributed by atoms with Gasteiger partial charge in [0.1, 0.15) is 11.6 Å². The minimum absolute atomic E-state index is 0.105. The van der Waals surface area contributed by atoms with Crippen molar-refractivity contribution >= 4 is 12.0 Å². The zero-order valence-electron chi connectivity index (χ0n) is 11.4. The summed E-state index contributed by atoms with van der Waals surface area (Å²) in [6.45, 7) is 0.234. The lowest BCUT2D eigenvalue weighted by Crippen LogP contribution is -2.38. The van der Waals surface area contributed by atoms with E-state index < -0.39 is 17.8 Å². The maximum absolute atomic E-state index is 13.2. The molecule has 1 aromatic carbocycles. The molecule has 0 fully saturated rings. The molecule has 0 spiro atoms. The van der Waals surface area contributed by atoms with Gasteiger partial charge in [0.25, 0.3) is 0 Å². The molecule has 0 aliphatic rings. The third kappa shape index (κ3) is 5.13. The standard InChI is InChI=1S/C13H17FN2O4/c1-16(4-3-12(17)18)13(19)15-8-9-5-10(14)7-11(6-9)20-2/h5-7H,3-4,8H2,1-2H3,(H,15,19)(H,17,18). The van der Waals surface area contributed by atoms with Gasteiger partial charge in [0.05, 0.1) is 13.5 Å². The second kappa shape index (κ2) is 7.32. The monoisotopic (exact) mass is 284 g/mol. The van der Waals surface area contributed by atoms with Gasteiger partial charge in [-0.1, -0.05) is 0 Å². The number of aliphatic carboxylic acids is 1. The molecule has 110 valence electrons. The van der Waals surface area contributed by atoms with E-state index in [-0.39, 0.29) is 19.5 Å². The highest BCUT2D eigenvalue weighted by Gasteiger charge is 2.10. The first-order valence-electron chi connectivity index (χ1n) is 5.96. The Labute approximate surface area is 116 Å². The minimum Gasteiger partial charge on any atom is -0.497 e. The van der Waals surface area contributed by atoms with Crippen LogP contribution in [0.5, 0.6) is 5.75 Å². The summed E-state index contributed by atoms with van der Waals surface area (Å²) >= 11 is 0. The molecular weight excluding hydrogens is 267 g/mol. The molecule has 0 atom stereocenters. The van der Waals surface area contributed by atoms with E-state index in [4.69, 9.17) is 9.84 Å². The van der Waals surface area contributed by atoms with Crippen molar-refractivity contribution in [3.63, 3.8) is 0 Å². The number of rotatable bonds is 6. The van der Waals surface area contributed by atoms with Gasteiger partial charge in [-0.2, -0.15) is 0 Å². The summed E-state index contributed by atoms with van der Waals surface area (Å²) in [6.07, 6.45) is -0.127. The Morgan fingerprint density at radius 3 is 2.70 bits per heavy atom. The summed E-state index contributed by atoms with van der Waals surface area (Å²) in [7, 11) is 2.92. The number of carbonyl (C=O) groups excluding carboxylic acids is 1. The third-order valence-electron chi connectivity index (χ3n) is 2.62. The predicted octanol–water partition coefficient (Wildman–Crippen LogP) is 1.45. The molecular formula is C13H17FN2O4.